The third-order valence-corrected chi connectivity index (χ3v) is 3.80. The Balaban J connectivity index is 1.59. The van der Waals surface area contributed by atoms with E-state index in [1.165, 1.54) is 5.56 Å². The molecule has 1 aromatic heterocycles. The fourth-order valence-electron chi connectivity index (χ4n) is 2.26. The van der Waals surface area contributed by atoms with Gasteiger partial charge in [-0.05, 0) is 47.2 Å². The first-order valence-corrected chi connectivity index (χ1v) is 8.59. The van der Waals surface area contributed by atoms with E-state index in [1.54, 1.807) is 12.4 Å². The molecule has 2 amide bonds. The molecular weight excluding hydrogens is 314 g/mol. The lowest BCUT2D eigenvalue weighted by molar-refractivity contribution is 0.238. The first-order valence-electron chi connectivity index (χ1n) is 8.59. The zero-order valence-corrected chi connectivity index (χ0v) is 15.2. The van der Waals surface area contributed by atoms with Crippen molar-refractivity contribution in [3.63, 3.8) is 0 Å². The van der Waals surface area contributed by atoms with Crippen LogP contribution in [0.25, 0.3) is 0 Å². The molecule has 1 heterocycles. The molecule has 25 heavy (non-hydrogen) atoms. The molecule has 0 aliphatic heterocycles. The van der Waals surface area contributed by atoms with E-state index < -0.39 is 0 Å². The lowest BCUT2D eigenvalue weighted by Crippen LogP contribution is -2.36. The molecule has 0 unspecified atom stereocenters. The van der Waals surface area contributed by atoms with E-state index in [0.29, 0.717) is 19.7 Å². The van der Waals surface area contributed by atoms with Gasteiger partial charge in [-0.25, -0.2) is 4.79 Å². The van der Waals surface area contributed by atoms with Crippen LogP contribution in [-0.4, -0.2) is 24.2 Å². The van der Waals surface area contributed by atoms with E-state index in [0.717, 1.165) is 17.7 Å². The molecule has 5 nitrogen and oxygen atoms in total. The van der Waals surface area contributed by atoms with Crippen LogP contribution in [0, 0.1) is 0 Å². The number of rotatable bonds is 7. The normalized spacial score (nSPS) is 11.0. The van der Waals surface area contributed by atoms with E-state index in [2.05, 4.69) is 48.5 Å². The lowest BCUT2D eigenvalue weighted by Gasteiger charge is -2.19. The van der Waals surface area contributed by atoms with Crippen LogP contribution in [0.2, 0.25) is 0 Å². The van der Waals surface area contributed by atoms with Crippen molar-refractivity contribution in [3.05, 3.63) is 59.9 Å². The Kier molecular flexibility index (Phi) is 6.81. The summed E-state index contributed by atoms with van der Waals surface area (Å²) < 4.78 is 5.71. The number of nitrogens with one attached hydrogen (secondary N) is 2. The van der Waals surface area contributed by atoms with Crippen LogP contribution in [0.3, 0.4) is 0 Å². The molecular formula is C20H27N3O2. The largest absolute Gasteiger partial charge is 0.494 e. The molecule has 2 aromatic rings. The lowest BCUT2D eigenvalue weighted by atomic mass is 9.87. The number of carbonyl (C=O) groups excluding carboxylic acids is 1. The van der Waals surface area contributed by atoms with Gasteiger partial charge in [0.15, 0.2) is 0 Å². The molecule has 0 bridgehead atoms. The highest BCUT2D eigenvalue weighted by molar-refractivity contribution is 5.73. The molecule has 0 saturated carbocycles. The summed E-state index contributed by atoms with van der Waals surface area (Å²) >= 11 is 0. The Bertz CT molecular complexity index is 649. The van der Waals surface area contributed by atoms with Crippen molar-refractivity contribution in [2.75, 3.05) is 13.2 Å². The van der Waals surface area contributed by atoms with Gasteiger partial charge in [0.25, 0.3) is 0 Å². The maximum atomic E-state index is 11.7. The molecule has 0 saturated heterocycles. The Morgan fingerprint density at radius 1 is 1.04 bits per heavy atom. The number of pyridine rings is 1. The van der Waals surface area contributed by atoms with Crippen molar-refractivity contribution >= 4 is 6.03 Å². The van der Waals surface area contributed by atoms with Gasteiger partial charge in [-0.1, -0.05) is 32.9 Å². The van der Waals surface area contributed by atoms with Gasteiger partial charge in [-0.15, -0.1) is 0 Å². The van der Waals surface area contributed by atoms with E-state index in [1.807, 2.05) is 24.3 Å². The second kappa shape index (κ2) is 9.06. The monoisotopic (exact) mass is 341 g/mol. The summed E-state index contributed by atoms with van der Waals surface area (Å²) in [6.45, 7) is 8.20. The van der Waals surface area contributed by atoms with E-state index in [4.69, 9.17) is 4.74 Å². The second-order valence-electron chi connectivity index (χ2n) is 6.94. The summed E-state index contributed by atoms with van der Waals surface area (Å²) in [7, 11) is 0. The predicted octanol–water partition coefficient (Wildman–Crippen LogP) is 3.65. The standard InChI is InChI=1S/C20H27N3O2/c1-20(2,3)17-5-7-18(8-6-17)25-14-4-11-22-19(24)23-15-16-9-12-21-13-10-16/h5-10,12-13H,4,11,14-15H2,1-3H3,(H2,22,23,24). The van der Waals surface area contributed by atoms with Gasteiger partial charge in [0.2, 0.25) is 0 Å². The first kappa shape index (κ1) is 18.8. The third kappa shape index (κ3) is 6.83. The number of benzene rings is 1. The number of carbonyl (C=O) groups is 1. The minimum atomic E-state index is -0.175. The van der Waals surface area contributed by atoms with Crippen LogP contribution in [-0.2, 0) is 12.0 Å². The number of amides is 2. The Morgan fingerprint density at radius 3 is 2.36 bits per heavy atom. The smallest absolute Gasteiger partial charge is 0.315 e. The number of ether oxygens (including phenoxy) is 1. The zero-order valence-electron chi connectivity index (χ0n) is 15.2. The van der Waals surface area contributed by atoms with Crippen LogP contribution >= 0.6 is 0 Å². The fraction of sp³-hybridized carbons (Fsp3) is 0.400. The third-order valence-electron chi connectivity index (χ3n) is 3.80. The van der Waals surface area contributed by atoms with Gasteiger partial charge < -0.3 is 15.4 Å². The number of urea groups is 1. The molecule has 1 aromatic carbocycles. The molecule has 0 aliphatic carbocycles. The van der Waals surface area contributed by atoms with Crippen LogP contribution in [0.4, 0.5) is 4.79 Å². The molecule has 2 N–H and O–H groups in total. The van der Waals surface area contributed by atoms with Crippen LogP contribution in [0.1, 0.15) is 38.3 Å². The Hall–Kier alpha value is -2.56. The van der Waals surface area contributed by atoms with Crippen molar-refractivity contribution in [1.82, 2.24) is 15.6 Å². The van der Waals surface area contributed by atoms with Gasteiger partial charge in [-0.2, -0.15) is 0 Å². The topological polar surface area (TPSA) is 63.2 Å². The van der Waals surface area contributed by atoms with Crippen molar-refractivity contribution in [3.8, 4) is 5.75 Å². The summed E-state index contributed by atoms with van der Waals surface area (Å²) in [4.78, 5) is 15.6. The average molecular weight is 341 g/mol. The summed E-state index contributed by atoms with van der Waals surface area (Å²) in [5.41, 5.74) is 2.45. The average Bonchev–Trinajstić information content (AvgIpc) is 2.60. The summed E-state index contributed by atoms with van der Waals surface area (Å²) in [5.74, 6) is 0.857. The maximum Gasteiger partial charge on any atom is 0.315 e. The minimum Gasteiger partial charge on any atom is -0.494 e. The molecule has 0 aliphatic rings. The Labute approximate surface area is 149 Å². The van der Waals surface area contributed by atoms with E-state index in [-0.39, 0.29) is 11.4 Å². The summed E-state index contributed by atoms with van der Waals surface area (Å²) in [6.07, 6.45) is 4.17. The number of hydrogen-bond acceptors (Lipinski definition) is 3. The molecule has 134 valence electrons. The number of nitrogens with zero attached hydrogens (tertiary/aromatic N) is 1. The highest BCUT2D eigenvalue weighted by Gasteiger charge is 2.12. The SMILES string of the molecule is CC(C)(C)c1ccc(OCCCNC(=O)NCc2ccncc2)cc1. The van der Waals surface area contributed by atoms with Gasteiger partial charge in [0, 0.05) is 25.5 Å². The van der Waals surface area contributed by atoms with Crippen molar-refractivity contribution in [1.29, 1.82) is 0 Å². The van der Waals surface area contributed by atoms with Crippen LogP contribution < -0.4 is 15.4 Å². The first-order chi connectivity index (χ1) is 11.9. The van der Waals surface area contributed by atoms with E-state index >= 15 is 0 Å². The van der Waals surface area contributed by atoms with Crippen LogP contribution in [0.5, 0.6) is 5.75 Å². The number of aromatic nitrogens is 1. The molecule has 0 atom stereocenters. The Morgan fingerprint density at radius 2 is 1.72 bits per heavy atom. The van der Waals surface area contributed by atoms with Crippen molar-refractivity contribution in [2.24, 2.45) is 0 Å². The number of hydrogen-bond donors (Lipinski definition) is 2. The molecule has 5 heteroatoms. The van der Waals surface area contributed by atoms with Crippen molar-refractivity contribution in [2.45, 2.75) is 39.2 Å². The predicted molar refractivity (Wildman–Crippen MR) is 99.7 cm³/mol. The summed E-state index contributed by atoms with van der Waals surface area (Å²) in [6, 6.07) is 11.8. The van der Waals surface area contributed by atoms with Gasteiger partial charge in [0.1, 0.15) is 5.75 Å². The maximum absolute atomic E-state index is 11.7. The fourth-order valence-corrected chi connectivity index (χ4v) is 2.26. The molecule has 0 fully saturated rings. The van der Waals surface area contributed by atoms with Gasteiger partial charge in [-0.3, -0.25) is 4.98 Å². The quantitative estimate of drug-likeness (QED) is 0.756. The minimum absolute atomic E-state index is 0.145. The molecule has 0 spiro atoms. The molecule has 2 rings (SSSR count). The molecule has 0 radical (unpaired) electrons. The van der Waals surface area contributed by atoms with Gasteiger partial charge >= 0.3 is 6.03 Å². The van der Waals surface area contributed by atoms with Crippen molar-refractivity contribution < 1.29 is 9.53 Å². The van der Waals surface area contributed by atoms with E-state index in [9.17, 15) is 4.79 Å². The highest BCUT2D eigenvalue weighted by atomic mass is 16.5. The second-order valence-corrected chi connectivity index (χ2v) is 6.94. The highest BCUT2D eigenvalue weighted by Crippen LogP contribution is 2.24. The zero-order chi connectivity index (χ0) is 18.1. The summed E-state index contributed by atoms with van der Waals surface area (Å²) in [5, 5.41) is 5.63. The van der Waals surface area contributed by atoms with Gasteiger partial charge in [0.05, 0.1) is 6.61 Å². The van der Waals surface area contributed by atoms with Crippen LogP contribution in [0.15, 0.2) is 48.8 Å².